The van der Waals surface area contributed by atoms with Crippen LogP contribution in [0.2, 0.25) is 5.02 Å². The lowest BCUT2D eigenvalue weighted by Gasteiger charge is -2.11. The number of halogens is 2. The summed E-state index contributed by atoms with van der Waals surface area (Å²) in [4.78, 5) is 14.1. The summed E-state index contributed by atoms with van der Waals surface area (Å²) in [7, 11) is 1.63. The number of hydrogen-bond donors (Lipinski definition) is 0. The lowest BCUT2D eigenvalue weighted by Crippen LogP contribution is -2.22. The van der Waals surface area contributed by atoms with E-state index >= 15 is 0 Å². The molecule has 2 aromatic carbocycles. The van der Waals surface area contributed by atoms with Gasteiger partial charge in [0.2, 0.25) is 0 Å². The van der Waals surface area contributed by atoms with Gasteiger partial charge in [-0.2, -0.15) is 0 Å². The van der Waals surface area contributed by atoms with Crippen molar-refractivity contribution in [3.05, 3.63) is 69.3 Å². The van der Waals surface area contributed by atoms with Crippen molar-refractivity contribution in [2.24, 2.45) is 0 Å². The normalized spacial score (nSPS) is 16.0. The van der Waals surface area contributed by atoms with E-state index in [1.165, 1.54) is 22.7 Å². The van der Waals surface area contributed by atoms with Crippen LogP contribution >= 0.6 is 35.6 Å². The highest BCUT2D eigenvalue weighted by molar-refractivity contribution is 8.26. The summed E-state index contributed by atoms with van der Waals surface area (Å²) in [5.41, 5.74) is 1.08. The second kappa shape index (κ2) is 7.56. The van der Waals surface area contributed by atoms with E-state index in [1.54, 1.807) is 49.5 Å². The van der Waals surface area contributed by atoms with Crippen LogP contribution in [0.1, 0.15) is 11.1 Å². The largest absolute Gasteiger partial charge is 0.488 e. The van der Waals surface area contributed by atoms with Crippen LogP contribution in [0.5, 0.6) is 5.75 Å². The van der Waals surface area contributed by atoms with Gasteiger partial charge in [0.05, 0.1) is 4.91 Å². The number of carbonyl (C=O) groups excluding carboxylic acids is 1. The molecule has 1 aliphatic rings. The Labute approximate surface area is 159 Å². The van der Waals surface area contributed by atoms with E-state index in [2.05, 4.69) is 0 Å². The van der Waals surface area contributed by atoms with Crippen molar-refractivity contribution in [2.45, 2.75) is 6.61 Å². The molecule has 0 bridgehead atoms. The van der Waals surface area contributed by atoms with Crippen LogP contribution in [0.25, 0.3) is 6.08 Å². The molecule has 0 aromatic heterocycles. The molecule has 7 heteroatoms. The maximum absolute atomic E-state index is 13.7. The quantitative estimate of drug-likeness (QED) is 0.546. The predicted molar refractivity (Wildman–Crippen MR) is 103 cm³/mol. The Balaban J connectivity index is 1.88. The maximum Gasteiger partial charge on any atom is 0.265 e. The molecule has 3 rings (SSSR count). The minimum atomic E-state index is -0.329. The Hall–Kier alpha value is -1.89. The van der Waals surface area contributed by atoms with Crippen molar-refractivity contribution in [2.75, 3.05) is 7.05 Å². The summed E-state index contributed by atoms with van der Waals surface area (Å²) in [6.07, 6.45) is 1.69. The van der Waals surface area contributed by atoms with Crippen LogP contribution in [0.3, 0.4) is 0 Å². The van der Waals surface area contributed by atoms with E-state index in [-0.39, 0.29) is 18.3 Å². The summed E-state index contributed by atoms with van der Waals surface area (Å²) in [5, 5.41) is 0.511. The number of likely N-dealkylation sites (N-methyl/N-ethyl adjacent to an activating group) is 1. The fourth-order valence-electron chi connectivity index (χ4n) is 2.22. The molecule has 1 saturated heterocycles. The highest BCUT2D eigenvalue weighted by atomic mass is 35.5. The number of hydrogen-bond acceptors (Lipinski definition) is 4. The van der Waals surface area contributed by atoms with Gasteiger partial charge in [0.15, 0.2) is 0 Å². The zero-order valence-electron chi connectivity index (χ0n) is 13.2. The summed E-state index contributed by atoms with van der Waals surface area (Å²) >= 11 is 12.4. The summed E-state index contributed by atoms with van der Waals surface area (Å²) in [6.45, 7) is 0.0733. The summed E-state index contributed by atoms with van der Waals surface area (Å²) in [5.74, 6) is 0.00826. The fourth-order valence-corrected chi connectivity index (χ4v) is 3.57. The number of benzene rings is 2. The van der Waals surface area contributed by atoms with Gasteiger partial charge in [0, 0.05) is 23.2 Å². The van der Waals surface area contributed by atoms with Crippen molar-refractivity contribution in [3.63, 3.8) is 0 Å². The van der Waals surface area contributed by atoms with Crippen LogP contribution < -0.4 is 4.74 Å². The van der Waals surface area contributed by atoms with Gasteiger partial charge < -0.3 is 4.74 Å². The number of amides is 1. The number of nitrogens with zero attached hydrogens (tertiary/aromatic N) is 1. The van der Waals surface area contributed by atoms with Crippen LogP contribution in [-0.4, -0.2) is 22.2 Å². The van der Waals surface area contributed by atoms with Crippen LogP contribution in [-0.2, 0) is 11.4 Å². The highest BCUT2D eigenvalue weighted by Crippen LogP contribution is 2.34. The van der Waals surface area contributed by atoms with E-state index < -0.39 is 0 Å². The van der Waals surface area contributed by atoms with Gasteiger partial charge in [-0.05, 0) is 30.3 Å². The van der Waals surface area contributed by atoms with Gasteiger partial charge >= 0.3 is 0 Å². The zero-order valence-corrected chi connectivity index (χ0v) is 15.6. The number of rotatable bonds is 4. The Morgan fingerprint density at radius 1 is 1.32 bits per heavy atom. The molecule has 0 saturated carbocycles. The molecule has 0 radical (unpaired) electrons. The SMILES string of the molecule is CN1C(=O)/C(=C\c2cc(Cl)ccc2OCc2ccccc2F)SC1=S. The average Bonchev–Trinajstić information content (AvgIpc) is 2.82. The van der Waals surface area contributed by atoms with Gasteiger partial charge in [-0.3, -0.25) is 9.69 Å². The second-order valence-corrected chi connectivity index (χ2v) is 7.42. The molecule has 0 spiro atoms. The average molecular weight is 394 g/mol. The van der Waals surface area contributed by atoms with Crippen molar-refractivity contribution in [1.82, 2.24) is 4.90 Å². The van der Waals surface area contributed by atoms with Crippen LogP contribution in [0, 0.1) is 5.82 Å². The molecule has 0 unspecified atom stereocenters. The first kappa shape index (κ1) is 17.9. The lowest BCUT2D eigenvalue weighted by atomic mass is 10.1. The number of ether oxygens (including phenoxy) is 1. The Morgan fingerprint density at radius 2 is 2.08 bits per heavy atom. The smallest absolute Gasteiger partial charge is 0.265 e. The standard InChI is InChI=1S/C18H13ClFNO2S2/c1-21-17(22)16(25-18(21)24)9-12-8-13(19)6-7-15(12)23-10-11-4-2-3-5-14(11)20/h2-9H,10H2,1H3/b16-9+. The molecule has 1 heterocycles. The van der Waals surface area contributed by atoms with E-state index in [1.807, 2.05) is 0 Å². The molecule has 1 fully saturated rings. The lowest BCUT2D eigenvalue weighted by molar-refractivity contribution is -0.121. The van der Waals surface area contributed by atoms with Gasteiger partial charge in [-0.25, -0.2) is 4.39 Å². The fraction of sp³-hybridized carbons (Fsp3) is 0.111. The highest BCUT2D eigenvalue weighted by Gasteiger charge is 2.29. The van der Waals surface area contributed by atoms with Crippen LogP contribution in [0.15, 0.2) is 47.4 Å². The summed E-state index contributed by atoms with van der Waals surface area (Å²) in [6, 6.07) is 11.5. The minimum Gasteiger partial charge on any atom is -0.488 e. The Bertz CT molecular complexity index is 885. The Morgan fingerprint density at radius 3 is 2.76 bits per heavy atom. The van der Waals surface area contributed by atoms with Crippen LogP contribution in [0.4, 0.5) is 4.39 Å². The molecule has 1 aliphatic heterocycles. The first-order chi connectivity index (χ1) is 12.0. The van der Waals surface area contributed by atoms with Gasteiger partial charge in [0.25, 0.3) is 5.91 Å². The molecule has 25 heavy (non-hydrogen) atoms. The number of thioether (sulfide) groups is 1. The third-order valence-corrected chi connectivity index (χ3v) is 5.31. The summed E-state index contributed by atoms with van der Waals surface area (Å²) < 4.78 is 20.0. The van der Waals surface area contributed by atoms with Gasteiger partial charge in [-0.15, -0.1) is 0 Å². The first-order valence-corrected chi connectivity index (χ1v) is 8.93. The molecule has 128 valence electrons. The predicted octanol–water partition coefficient (Wildman–Crippen LogP) is 4.89. The molecule has 0 N–H and O–H groups in total. The molecular formula is C18H13ClFNO2S2. The van der Waals surface area contributed by atoms with Crippen molar-refractivity contribution in [1.29, 1.82) is 0 Å². The van der Waals surface area contributed by atoms with E-state index in [0.717, 1.165) is 0 Å². The van der Waals surface area contributed by atoms with E-state index in [0.29, 0.717) is 31.1 Å². The topological polar surface area (TPSA) is 29.5 Å². The minimum absolute atomic E-state index is 0.0733. The molecule has 0 atom stereocenters. The van der Waals surface area contributed by atoms with E-state index in [4.69, 9.17) is 28.6 Å². The van der Waals surface area contributed by atoms with Crippen molar-refractivity contribution >= 4 is 51.9 Å². The number of thiocarbonyl (C=S) groups is 1. The van der Waals surface area contributed by atoms with Crippen molar-refractivity contribution in [3.8, 4) is 5.75 Å². The maximum atomic E-state index is 13.7. The molecule has 0 aliphatic carbocycles. The third-order valence-electron chi connectivity index (χ3n) is 3.59. The monoisotopic (exact) mass is 393 g/mol. The number of carbonyl (C=O) groups is 1. The molecule has 2 aromatic rings. The first-order valence-electron chi connectivity index (χ1n) is 7.33. The van der Waals surface area contributed by atoms with E-state index in [9.17, 15) is 9.18 Å². The van der Waals surface area contributed by atoms with Gasteiger partial charge in [0.1, 0.15) is 22.5 Å². The van der Waals surface area contributed by atoms with Crippen molar-refractivity contribution < 1.29 is 13.9 Å². The molecular weight excluding hydrogens is 381 g/mol. The molecule has 1 amide bonds. The zero-order chi connectivity index (χ0) is 18.0. The molecule has 3 nitrogen and oxygen atoms in total. The second-order valence-electron chi connectivity index (χ2n) is 5.30. The Kier molecular flexibility index (Phi) is 5.42. The third kappa shape index (κ3) is 4.03. The van der Waals surface area contributed by atoms with Gasteiger partial charge in [-0.1, -0.05) is 53.8 Å².